The van der Waals surface area contributed by atoms with Crippen molar-refractivity contribution in [3.8, 4) is 0 Å². The largest absolute Gasteiger partial charge is 0.388 e. The molecule has 1 spiro atoms. The summed E-state index contributed by atoms with van der Waals surface area (Å²) in [5.74, 6) is -0.110. The Morgan fingerprint density at radius 2 is 2.25 bits per heavy atom. The van der Waals surface area contributed by atoms with E-state index in [4.69, 9.17) is 9.47 Å². The first kappa shape index (κ1) is 14.0. The monoisotopic (exact) mass is 280 g/mol. The maximum atomic E-state index is 13.2. The van der Waals surface area contributed by atoms with Crippen LogP contribution in [-0.2, 0) is 9.47 Å². The Kier molecular flexibility index (Phi) is 3.80. The van der Waals surface area contributed by atoms with Crippen LogP contribution < -0.4 is 0 Å². The van der Waals surface area contributed by atoms with Crippen molar-refractivity contribution in [1.29, 1.82) is 0 Å². The van der Waals surface area contributed by atoms with E-state index in [1.807, 2.05) is 6.92 Å². The lowest BCUT2D eigenvalue weighted by atomic mass is 9.79. The summed E-state index contributed by atoms with van der Waals surface area (Å²) >= 11 is 0. The van der Waals surface area contributed by atoms with Crippen molar-refractivity contribution in [2.24, 2.45) is 5.92 Å². The van der Waals surface area contributed by atoms with Gasteiger partial charge in [-0.15, -0.1) is 0 Å². The Bertz CT molecular complexity index is 483. The molecule has 0 aliphatic carbocycles. The van der Waals surface area contributed by atoms with E-state index in [1.54, 1.807) is 6.07 Å². The minimum atomic E-state index is -0.558. The lowest BCUT2D eigenvalue weighted by Crippen LogP contribution is -2.42. The van der Waals surface area contributed by atoms with E-state index >= 15 is 0 Å². The summed E-state index contributed by atoms with van der Waals surface area (Å²) in [7, 11) is 0. The quantitative estimate of drug-likeness (QED) is 0.905. The second-order valence-corrected chi connectivity index (χ2v) is 6.03. The van der Waals surface area contributed by atoms with Crippen molar-refractivity contribution in [2.45, 2.75) is 37.9 Å². The van der Waals surface area contributed by atoms with Gasteiger partial charge < -0.3 is 14.6 Å². The molecule has 0 radical (unpaired) electrons. The van der Waals surface area contributed by atoms with Gasteiger partial charge in [-0.2, -0.15) is 0 Å². The summed E-state index contributed by atoms with van der Waals surface area (Å²) in [4.78, 5) is 0. The highest BCUT2D eigenvalue weighted by Gasteiger charge is 2.43. The number of aryl methyl sites for hydroxylation is 1. The number of halogens is 1. The van der Waals surface area contributed by atoms with Gasteiger partial charge in [0.25, 0.3) is 0 Å². The second-order valence-electron chi connectivity index (χ2n) is 6.03. The third-order valence-electron chi connectivity index (χ3n) is 4.60. The molecule has 3 atom stereocenters. The Balaban J connectivity index is 1.77. The normalized spacial score (nSPS) is 31.6. The number of hydrogen-bond donors (Lipinski definition) is 1. The van der Waals surface area contributed by atoms with Crippen LogP contribution in [0.15, 0.2) is 18.2 Å². The molecule has 2 saturated heterocycles. The summed E-state index contributed by atoms with van der Waals surface area (Å²) in [5.41, 5.74) is 1.42. The van der Waals surface area contributed by atoms with Gasteiger partial charge in [0.05, 0.1) is 18.3 Å². The van der Waals surface area contributed by atoms with Crippen LogP contribution in [-0.4, -0.2) is 30.5 Å². The smallest absolute Gasteiger partial charge is 0.123 e. The topological polar surface area (TPSA) is 38.7 Å². The molecule has 0 saturated carbocycles. The third kappa shape index (κ3) is 2.60. The van der Waals surface area contributed by atoms with Crippen molar-refractivity contribution in [1.82, 2.24) is 0 Å². The van der Waals surface area contributed by atoms with Crippen LogP contribution >= 0.6 is 0 Å². The van der Waals surface area contributed by atoms with E-state index in [1.165, 1.54) is 12.1 Å². The molecule has 1 N–H and O–H groups in total. The zero-order valence-corrected chi connectivity index (χ0v) is 11.8. The fourth-order valence-corrected chi connectivity index (χ4v) is 3.42. The summed E-state index contributed by atoms with van der Waals surface area (Å²) in [5, 5.41) is 10.6. The number of aliphatic hydroxyl groups excluding tert-OH is 1. The summed E-state index contributed by atoms with van der Waals surface area (Å²) in [6.45, 7) is 3.86. The molecule has 20 heavy (non-hydrogen) atoms. The highest BCUT2D eigenvalue weighted by molar-refractivity contribution is 5.29. The third-order valence-corrected chi connectivity index (χ3v) is 4.60. The minimum Gasteiger partial charge on any atom is -0.388 e. The lowest BCUT2D eigenvalue weighted by Gasteiger charge is -2.39. The number of aliphatic hydroxyl groups is 1. The zero-order chi connectivity index (χ0) is 14.2. The van der Waals surface area contributed by atoms with E-state index in [0.717, 1.165) is 37.0 Å². The van der Waals surface area contributed by atoms with Gasteiger partial charge in [0.2, 0.25) is 0 Å². The standard InChI is InChI=1S/C16H21FO3/c1-11-8-13(17)2-3-14(11)15(18)12-4-6-20-16(9-12)5-7-19-10-16/h2-3,8,12,15,18H,4-7,9-10H2,1H3. The first-order chi connectivity index (χ1) is 9.60. The molecule has 4 heteroatoms. The van der Waals surface area contributed by atoms with Crippen LogP contribution in [0, 0.1) is 18.7 Å². The Morgan fingerprint density at radius 1 is 1.40 bits per heavy atom. The van der Waals surface area contributed by atoms with Crippen molar-refractivity contribution < 1.29 is 19.0 Å². The van der Waals surface area contributed by atoms with Gasteiger partial charge in [-0.05, 0) is 48.9 Å². The maximum absolute atomic E-state index is 13.2. The Labute approximate surface area is 118 Å². The molecule has 0 amide bonds. The first-order valence-electron chi connectivity index (χ1n) is 7.25. The van der Waals surface area contributed by atoms with E-state index in [9.17, 15) is 9.50 Å². The van der Waals surface area contributed by atoms with Crippen LogP contribution in [0.3, 0.4) is 0 Å². The van der Waals surface area contributed by atoms with E-state index in [2.05, 4.69) is 0 Å². The lowest BCUT2D eigenvalue weighted by molar-refractivity contribution is -0.117. The predicted octanol–water partition coefficient (Wildman–Crippen LogP) is 2.75. The molecule has 2 aliphatic rings. The molecule has 110 valence electrons. The molecule has 3 unspecified atom stereocenters. The van der Waals surface area contributed by atoms with Crippen molar-refractivity contribution >= 4 is 0 Å². The molecule has 2 heterocycles. The molecular weight excluding hydrogens is 259 g/mol. The number of hydrogen-bond acceptors (Lipinski definition) is 3. The van der Waals surface area contributed by atoms with Gasteiger partial charge in [0.1, 0.15) is 5.82 Å². The summed E-state index contributed by atoms with van der Waals surface area (Å²) < 4.78 is 24.5. The minimum absolute atomic E-state index is 0.148. The first-order valence-corrected chi connectivity index (χ1v) is 7.25. The number of benzene rings is 1. The average molecular weight is 280 g/mol. The maximum Gasteiger partial charge on any atom is 0.123 e. The van der Waals surface area contributed by atoms with Crippen molar-refractivity contribution in [3.63, 3.8) is 0 Å². The molecule has 1 aromatic carbocycles. The number of ether oxygens (including phenoxy) is 2. The predicted molar refractivity (Wildman–Crippen MR) is 72.9 cm³/mol. The van der Waals surface area contributed by atoms with Gasteiger partial charge in [-0.3, -0.25) is 0 Å². The molecule has 0 bridgehead atoms. The van der Waals surface area contributed by atoms with Gasteiger partial charge in [0, 0.05) is 19.6 Å². The molecular formula is C16H21FO3. The van der Waals surface area contributed by atoms with Crippen molar-refractivity contribution in [3.05, 3.63) is 35.1 Å². The molecule has 3 nitrogen and oxygen atoms in total. The summed E-state index contributed by atoms with van der Waals surface area (Å²) in [6, 6.07) is 4.59. The van der Waals surface area contributed by atoms with Crippen LogP contribution in [0.25, 0.3) is 0 Å². The average Bonchev–Trinajstić information content (AvgIpc) is 2.86. The van der Waals surface area contributed by atoms with E-state index in [0.29, 0.717) is 13.2 Å². The second kappa shape index (κ2) is 5.43. The van der Waals surface area contributed by atoms with Crippen LogP contribution in [0.2, 0.25) is 0 Å². The van der Waals surface area contributed by atoms with Gasteiger partial charge in [-0.25, -0.2) is 4.39 Å². The van der Waals surface area contributed by atoms with Crippen LogP contribution in [0.5, 0.6) is 0 Å². The highest BCUT2D eigenvalue weighted by Crippen LogP contribution is 2.41. The van der Waals surface area contributed by atoms with Crippen LogP contribution in [0.4, 0.5) is 4.39 Å². The fourth-order valence-electron chi connectivity index (χ4n) is 3.42. The molecule has 2 fully saturated rings. The van der Waals surface area contributed by atoms with Gasteiger partial charge in [-0.1, -0.05) is 6.07 Å². The number of rotatable bonds is 2. The molecule has 3 rings (SSSR count). The highest BCUT2D eigenvalue weighted by atomic mass is 19.1. The zero-order valence-electron chi connectivity index (χ0n) is 11.8. The van der Waals surface area contributed by atoms with E-state index < -0.39 is 6.10 Å². The van der Waals surface area contributed by atoms with Gasteiger partial charge >= 0.3 is 0 Å². The Hall–Kier alpha value is -0.970. The van der Waals surface area contributed by atoms with Crippen molar-refractivity contribution in [2.75, 3.05) is 19.8 Å². The van der Waals surface area contributed by atoms with Gasteiger partial charge in [0.15, 0.2) is 0 Å². The van der Waals surface area contributed by atoms with E-state index in [-0.39, 0.29) is 17.3 Å². The Morgan fingerprint density at radius 3 is 2.95 bits per heavy atom. The summed E-state index contributed by atoms with van der Waals surface area (Å²) in [6.07, 6.45) is 1.99. The fraction of sp³-hybridized carbons (Fsp3) is 0.625. The SMILES string of the molecule is Cc1cc(F)ccc1C(O)C1CCOC2(CCOC2)C1. The van der Waals surface area contributed by atoms with Crippen LogP contribution in [0.1, 0.15) is 36.5 Å². The molecule has 0 aromatic heterocycles. The molecule has 2 aliphatic heterocycles. The molecule has 1 aromatic rings.